The van der Waals surface area contributed by atoms with Crippen molar-refractivity contribution in [2.45, 2.75) is 25.9 Å². The van der Waals surface area contributed by atoms with E-state index in [0.29, 0.717) is 11.6 Å². The monoisotopic (exact) mass is 240 g/mol. The van der Waals surface area contributed by atoms with Crippen LogP contribution in [0.1, 0.15) is 25.5 Å². The molecule has 0 saturated carbocycles. The Labute approximate surface area is 101 Å². The zero-order chi connectivity index (χ0) is 12.4. The van der Waals surface area contributed by atoms with Crippen LogP contribution >= 0.6 is 0 Å². The van der Waals surface area contributed by atoms with Crippen LogP contribution in [0.5, 0.6) is 0 Å². The predicted octanol–water partition coefficient (Wildman–Crippen LogP) is 2.32. The van der Waals surface area contributed by atoms with Crippen molar-refractivity contribution in [3.63, 3.8) is 0 Å². The zero-order valence-electron chi connectivity index (χ0n) is 10.2. The number of nitrogens with one attached hydrogen (secondary N) is 1. The van der Waals surface area contributed by atoms with Gasteiger partial charge in [0.05, 0.1) is 0 Å². The van der Waals surface area contributed by atoms with Crippen LogP contribution in [0, 0.1) is 11.6 Å². The van der Waals surface area contributed by atoms with E-state index in [0.717, 1.165) is 25.7 Å². The lowest BCUT2D eigenvalue weighted by atomic mass is 10.0. The molecule has 0 aromatic heterocycles. The van der Waals surface area contributed by atoms with E-state index in [1.54, 1.807) is 6.07 Å². The highest BCUT2D eigenvalue weighted by Crippen LogP contribution is 2.24. The summed E-state index contributed by atoms with van der Waals surface area (Å²) in [5.41, 5.74) is 0.570. The molecule has 0 spiro atoms. The van der Waals surface area contributed by atoms with Gasteiger partial charge >= 0.3 is 0 Å². The van der Waals surface area contributed by atoms with Crippen molar-refractivity contribution >= 4 is 0 Å². The van der Waals surface area contributed by atoms with E-state index >= 15 is 0 Å². The Morgan fingerprint density at radius 2 is 2.18 bits per heavy atom. The molecule has 1 aliphatic heterocycles. The molecule has 0 amide bonds. The van der Waals surface area contributed by atoms with Gasteiger partial charge in [-0.25, -0.2) is 8.78 Å². The van der Waals surface area contributed by atoms with E-state index in [9.17, 15) is 8.78 Å². The van der Waals surface area contributed by atoms with Gasteiger partial charge in [0, 0.05) is 43.3 Å². The Hall–Kier alpha value is -1.00. The van der Waals surface area contributed by atoms with Crippen LogP contribution in [-0.4, -0.2) is 30.6 Å². The second-order valence-corrected chi connectivity index (χ2v) is 4.69. The van der Waals surface area contributed by atoms with Crippen LogP contribution in [0.15, 0.2) is 18.2 Å². The molecule has 1 aromatic rings. The van der Waals surface area contributed by atoms with Gasteiger partial charge in [-0.05, 0) is 19.9 Å². The summed E-state index contributed by atoms with van der Waals surface area (Å²) in [7, 11) is 0. The summed E-state index contributed by atoms with van der Waals surface area (Å²) in [5, 5.41) is 3.35. The quantitative estimate of drug-likeness (QED) is 0.853. The predicted molar refractivity (Wildman–Crippen MR) is 63.8 cm³/mol. The minimum atomic E-state index is -0.521. The van der Waals surface area contributed by atoms with Crippen LogP contribution in [0.3, 0.4) is 0 Å². The van der Waals surface area contributed by atoms with E-state index in [4.69, 9.17) is 0 Å². The van der Waals surface area contributed by atoms with Gasteiger partial charge in [0.2, 0.25) is 0 Å². The Kier molecular flexibility index (Phi) is 3.74. The molecule has 94 valence electrons. The van der Waals surface area contributed by atoms with Crippen molar-refractivity contribution in [3.05, 3.63) is 35.4 Å². The largest absolute Gasteiger partial charge is 0.312 e. The first-order valence-electron chi connectivity index (χ1n) is 6.00. The number of hydrogen-bond donors (Lipinski definition) is 1. The average molecular weight is 240 g/mol. The van der Waals surface area contributed by atoms with E-state index < -0.39 is 11.6 Å². The van der Waals surface area contributed by atoms with Gasteiger partial charge in [0.15, 0.2) is 0 Å². The lowest BCUT2D eigenvalue weighted by molar-refractivity contribution is 0.156. The molecule has 0 radical (unpaired) electrons. The van der Waals surface area contributed by atoms with Gasteiger partial charge in [-0.1, -0.05) is 6.07 Å². The van der Waals surface area contributed by atoms with Gasteiger partial charge in [0.1, 0.15) is 11.6 Å². The highest BCUT2D eigenvalue weighted by atomic mass is 19.1. The Morgan fingerprint density at radius 3 is 2.82 bits per heavy atom. The Bertz CT molecular complexity index is 395. The molecule has 2 unspecified atom stereocenters. The lowest BCUT2D eigenvalue weighted by Crippen LogP contribution is -2.49. The topological polar surface area (TPSA) is 15.3 Å². The fourth-order valence-corrected chi connectivity index (χ4v) is 2.35. The Morgan fingerprint density at radius 1 is 1.41 bits per heavy atom. The summed E-state index contributed by atoms with van der Waals surface area (Å²) in [4.78, 5) is 2.22. The van der Waals surface area contributed by atoms with E-state index in [-0.39, 0.29) is 6.04 Å². The summed E-state index contributed by atoms with van der Waals surface area (Å²) in [6, 6.07) is 4.22. The van der Waals surface area contributed by atoms with Crippen LogP contribution in [-0.2, 0) is 0 Å². The van der Waals surface area contributed by atoms with Gasteiger partial charge in [-0.2, -0.15) is 0 Å². The fourth-order valence-electron chi connectivity index (χ4n) is 2.35. The number of piperazine rings is 1. The second-order valence-electron chi connectivity index (χ2n) is 4.69. The third-order valence-corrected chi connectivity index (χ3v) is 3.36. The van der Waals surface area contributed by atoms with Gasteiger partial charge in [0.25, 0.3) is 0 Å². The molecule has 17 heavy (non-hydrogen) atoms. The van der Waals surface area contributed by atoms with E-state index in [2.05, 4.69) is 17.1 Å². The smallest absolute Gasteiger partial charge is 0.130 e. The third kappa shape index (κ3) is 2.82. The maximum absolute atomic E-state index is 13.7. The molecule has 2 nitrogen and oxygen atoms in total. The first kappa shape index (κ1) is 12.5. The van der Waals surface area contributed by atoms with Crippen molar-refractivity contribution in [1.29, 1.82) is 0 Å². The molecule has 1 aromatic carbocycles. The number of hydrogen-bond acceptors (Lipinski definition) is 2. The van der Waals surface area contributed by atoms with Crippen LogP contribution in [0.4, 0.5) is 8.78 Å². The first-order chi connectivity index (χ1) is 8.08. The van der Waals surface area contributed by atoms with Gasteiger partial charge in [-0.3, -0.25) is 4.90 Å². The average Bonchev–Trinajstić information content (AvgIpc) is 2.28. The summed E-state index contributed by atoms with van der Waals surface area (Å²) in [5.74, 6) is -0.976. The molecule has 1 fully saturated rings. The SMILES string of the molecule is CC1CN(C(C)c2ccc(F)cc2F)CCN1. The molecule has 1 saturated heterocycles. The number of benzene rings is 1. The third-order valence-electron chi connectivity index (χ3n) is 3.36. The standard InChI is InChI=1S/C13H18F2N2/c1-9-8-17(6-5-16-9)10(2)12-4-3-11(14)7-13(12)15/h3-4,7,9-10,16H,5-6,8H2,1-2H3. The maximum Gasteiger partial charge on any atom is 0.130 e. The van der Waals surface area contributed by atoms with Gasteiger partial charge < -0.3 is 5.32 Å². The highest BCUT2D eigenvalue weighted by Gasteiger charge is 2.23. The van der Waals surface area contributed by atoms with E-state index in [1.165, 1.54) is 6.07 Å². The molecule has 0 aliphatic carbocycles. The van der Waals surface area contributed by atoms with Crippen molar-refractivity contribution < 1.29 is 8.78 Å². The van der Waals surface area contributed by atoms with Crippen molar-refractivity contribution in [2.75, 3.05) is 19.6 Å². The maximum atomic E-state index is 13.7. The van der Waals surface area contributed by atoms with Crippen LogP contribution < -0.4 is 5.32 Å². The molecular formula is C13H18F2N2. The van der Waals surface area contributed by atoms with Crippen molar-refractivity contribution in [1.82, 2.24) is 10.2 Å². The summed E-state index contributed by atoms with van der Waals surface area (Å²) >= 11 is 0. The lowest BCUT2D eigenvalue weighted by Gasteiger charge is -2.36. The number of halogens is 2. The molecule has 1 heterocycles. The minimum Gasteiger partial charge on any atom is -0.312 e. The first-order valence-corrected chi connectivity index (χ1v) is 6.00. The van der Waals surface area contributed by atoms with Crippen molar-refractivity contribution in [3.8, 4) is 0 Å². The fraction of sp³-hybridized carbons (Fsp3) is 0.538. The number of nitrogens with zero attached hydrogens (tertiary/aromatic N) is 1. The molecule has 4 heteroatoms. The van der Waals surface area contributed by atoms with Crippen LogP contribution in [0.2, 0.25) is 0 Å². The Balaban J connectivity index is 2.15. The van der Waals surface area contributed by atoms with Crippen LogP contribution in [0.25, 0.3) is 0 Å². The zero-order valence-corrected chi connectivity index (χ0v) is 10.2. The molecule has 0 bridgehead atoms. The molecule has 1 aliphatic rings. The summed E-state index contributed by atoms with van der Waals surface area (Å²) in [6.07, 6.45) is 0. The summed E-state index contributed by atoms with van der Waals surface area (Å²) < 4.78 is 26.5. The second kappa shape index (κ2) is 5.10. The van der Waals surface area contributed by atoms with Gasteiger partial charge in [-0.15, -0.1) is 0 Å². The number of rotatable bonds is 2. The minimum absolute atomic E-state index is 0.0138. The van der Waals surface area contributed by atoms with E-state index in [1.807, 2.05) is 6.92 Å². The normalized spacial score (nSPS) is 23.6. The molecule has 1 N–H and O–H groups in total. The van der Waals surface area contributed by atoms with Crippen molar-refractivity contribution in [2.24, 2.45) is 0 Å². The molecular weight excluding hydrogens is 222 g/mol. The summed E-state index contributed by atoms with van der Waals surface area (Å²) in [6.45, 7) is 6.77. The molecule has 2 atom stereocenters. The molecule has 2 rings (SSSR count). The highest BCUT2D eigenvalue weighted by molar-refractivity contribution is 5.22.